The minimum atomic E-state index is 0. The Hall–Kier alpha value is 0.960. The molecule has 0 radical (unpaired) electrons. The summed E-state index contributed by atoms with van der Waals surface area (Å²) in [6, 6.07) is 0. The van der Waals surface area contributed by atoms with Crippen LogP contribution in [0.15, 0.2) is 0 Å². The van der Waals surface area contributed by atoms with Crippen LogP contribution >= 0.6 is 0 Å². The minimum absolute atomic E-state index is 0. The Labute approximate surface area is 118 Å². The van der Waals surface area contributed by atoms with Gasteiger partial charge in [0.15, 0.2) is 0 Å². The molecule has 1 aliphatic heterocycles. The van der Waals surface area contributed by atoms with Crippen molar-refractivity contribution in [2.45, 2.75) is 39.0 Å². The summed E-state index contributed by atoms with van der Waals surface area (Å²) >= 11 is 0. The monoisotopic (exact) mass is 218 g/mol. The average molecular weight is 218 g/mol. The van der Waals surface area contributed by atoms with E-state index in [1.54, 1.807) is 0 Å². The Bertz CT molecular complexity index is 137. The minimum Gasteiger partial charge on any atom is -0.343 e. The van der Waals surface area contributed by atoms with E-state index in [1.807, 2.05) is 0 Å². The third-order valence-electron chi connectivity index (χ3n) is 3.62. The first-order valence-electron chi connectivity index (χ1n) is 6.11. The van der Waals surface area contributed by atoms with E-state index >= 15 is 0 Å². The van der Waals surface area contributed by atoms with Crippen molar-refractivity contribution >= 4 is 0 Å². The maximum atomic E-state index is 3.99. The molecule has 0 amide bonds. The fraction of sp³-hybridized carbons (Fsp3) is 0.846. The summed E-state index contributed by atoms with van der Waals surface area (Å²) in [7, 11) is 0. The first-order valence-corrected chi connectivity index (χ1v) is 6.11. The summed E-state index contributed by atoms with van der Waals surface area (Å²) in [5, 5.41) is 0. The molecule has 0 N–H and O–H groups in total. The Morgan fingerprint density at radius 1 is 1.20 bits per heavy atom. The first kappa shape index (κ1) is 16.0. The van der Waals surface area contributed by atoms with Crippen molar-refractivity contribution < 1.29 is 29.6 Å². The summed E-state index contributed by atoms with van der Waals surface area (Å²) in [5.74, 6) is 1.71. The van der Waals surface area contributed by atoms with Crippen molar-refractivity contribution in [1.82, 2.24) is 4.90 Å². The van der Waals surface area contributed by atoms with Gasteiger partial charge in [-0.05, 0) is 38.4 Å². The number of rotatable bonds is 5. The molecule has 1 heterocycles. The fourth-order valence-electron chi connectivity index (χ4n) is 2.27. The molecule has 0 bridgehead atoms. The molecule has 15 heavy (non-hydrogen) atoms. The van der Waals surface area contributed by atoms with Gasteiger partial charge in [0.25, 0.3) is 0 Å². The van der Waals surface area contributed by atoms with E-state index in [2.05, 4.69) is 25.7 Å². The molecule has 0 aromatic heterocycles. The standard InChI is InChI=1S/C13H25N.Na/c1-4-12(5-2)11-14-9-7-13(6-3)8-10-14;/h12-13H,1-2,4-11H2,3H3;/q-2;+1. The number of nitrogens with zero attached hydrogens (tertiary/aromatic N) is 1. The third-order valence-corrected chi connectivity index (χ3v) is 3.62. The molecule has 0 unspecified atom stereocenters. The summed E-state index contributed by atoms with van der Waals surface area (Å²) in [6.45, 7) is 14.1. The van der Waals surface area contributed by atoms with Gasteiger partial charge in [-0.15, -0.1) is 0 Å². The molecule has 2 heteroatoms. The molecule has 0 aliphatic carbocycles. The summed E-state index contributed by atoms with van der Waals surface area (Å²) < 4.78 is 0. The van der Waals surface area contributed by atoms with Crippen molar-refractivity contribution in [2.24, 2.45) is 11.8 Å². The van der Waals surface area contributed by atoms with Gasteiger partial charge >= 0.3 is 29.6 Å². The van der Waals surface area contributed by atoms with Crippen LogP contribution in [0.4, 0.5) is 0 Å². The molecule has 1 nitrogen and oxygen atoms in total. The number of hydrogen-bond acceptors (Lipinski definition) is 1. The van der Waals surface area contributed by atoms with Gasteiger partial charge in [-0.1, -0.05) is 19.3 Å². The van der Waals surface area contributed by atoms with Crippen LogP contribution in [-0.4, -0.2) is 24.5 Å². The van der Waals surface area contributed by atoms with E-state index < -0.39 is 0 Å². The maximum absolute atomic E-state index is 3.99. The van der Waals surface area contributed by atoms with Crippen LogP contribution in [0, 0.1) is 25.7 Å². The molecule has 0 saturated carbocycles. The first-order chi connectivity index (χ1) is 6.80. The Morgan fingerprint density at radius 2 is 1.73 bits per heavy atom. The molecule has 0 aromatic carbocycles. The van der Waals surface area contributed by atoms with Crippen LogP contribution in [0.3, 0.4) is 0 Å². The van der Waals surface area contributed by atoms with Crippen molar-refractivity contribution in [2.75, 3.05) is 19.6 Å². The van der Waals surface area contributed by atoms with E-state index in [1.165, 1.54) is 38.9 Å². The molecule has 1 aliphatic rings. The van der Waals surface area contributed by atoms with Gasteiger partial charge in [-0.3, -0.25) is 0 Å². The fourth-order valence-corrected chi connectivity index (χ4v) is 2.27. The van der Waals surface area contributed by atoms with E-state index in [-0.39, 0.29) is 29.6 Å². The van der Waals surface area contributed by atoms with Crippen LogP contribution in [-0.2, 0) is 0 Å². The predicted molar refractivity (Wildman–Crippen MR) is 62.9 cm³/mol. The van der Waals surface area contributed by atoms with Crippen molar-refractivity contribution in [3.8, 4) is 0 Å². The molecule has 1 fully saturated rings. The maximum Gasteiger partial charge on any atom is 1.00 e. The second-order valence-electron chi connectivity index (χ2n) is 4.60. The van der Waals surface area contributed by atoms with E-state index in [0.717, 1.165) is 18.8 Å². The zero-order valence-corrected chi connectivity index (χ0v) is 12.7. The zero-order chi connectivity index (χ0) is 10.4. The number of likely N-dealkylation sites (tertiary alicyclic amines) is 1. The predicted octanol–water partition coefficient (Wildman–Crippen LogP) is 0.177. The Balaban J connectivity index is 0.00000196. The van der Waals surface area contributed by atoms with E-state index in [9.17, 15) is 0 Å². The van der Waals surface area contributed by atoms with Crippen LogP contribution in [0.1, 0.15) is 39.0 Å². The topological polar surface area (TPSA) is 3.24 Å². The van der Waals surface area contributed by atoms with Gasteiger partial charge in [-0.2, -0.15) is 12.8 Å². The van der Waals surface area contributed by atoms with Crippen molar-refractivity contribution in [3.63, 3.8) is 0 Å². The molecule has 0 atom stereocenters. The average Bonchev–Trinajstić information content (AvgIpc) is 2.26. The number of hydrogen-bond donors (Lipinski definition) is 0. The van der Waals surface area contributed by atoms with Gasteiger partial charge in [0.2, 0.25) is 0 Å². The Morgan fingerprint density at radius 3 is 2.13 bits per heavy atom. The van der Waals surface area contributed by atoms with Crippen molar-refractivity contribution in [3.05, 3.63) is 13.8 Å². The summed E-state index contributed by atoms with van der Waals surface area (Å²) in [4.78, 5) is 2.60. The SMILES string of the molecule is [CH2-]CC(C[CH2-])CN1CCC(CC)CC1.[Na+]. The van der Waals surface area contributed by atoms with Crippen LogP contribution in [0.5, 0.6) is 0 Å². The molecule has 1 saturated heterocycles. The summed E-state index contributed by atoms with van der Waals surface area (Å²) in [6.07, 6.45) is 6.24. The van der Waals surface area contributed by atoms with E-state index in [0.29, 0.717) is 5.92 Å². The second-order valence-corrected chi connectivity index (χ2v) is 4.60. The summed E-state index contributed by atoms with van der Waals surface area (Å²) in [5.41, 5.74) is 0. The molecule has 0 aromatic rings. The van der Waals surface area contributed by atoms with Crippen LogP contribution in [0.2, 0.25) is 0 Å². The molecule has 0 spiro atoms. The normalized spacial score (nSPS) is 19.2. The van der Waals surface area contributed by atoms with Gasteiger partial charge in [0.1, 0.15) is 0 Å². The van der Waals surface area contributed by atoms with Crippen LogP contribution in [0.25, 0.3) is 0 Å². The van der Waals surface area contributed by atoms with Gasteiger partial charge in [0, 0.05) is 0 Å². The molecule has 1 rings (SSSR count). The largest absolute Gasteiger partial charge is 1.00 e. The van der Waals surface area contributed by atoms with Crippen molar-refractivity contribution in [1.29, 1.82) is 0 Å². The molecule has 84 valence electrons. The Kier molecular flexibility index (Phi) is 9.62. The second kappa shape index (κ2) is 9.04. The quantitative estimate of drug-likeness (QED) is 0.470. The third kappa shape index (κ3) is 5.72. The van der Waals surface area contributed by atoms with Gasteiger partial charge in [0.05, 0.1) is 0 Å². The molecular weight excluding hydrogens is 193 g/mol. The van der Waals surface area contributed by atoms with Crippen LogP contribution < -0.4 is 29.6 Å². The van der Waals surface area contributed by atoms with Gasteiger partial charge < -0.3 is 18.7 Å². The number of piperidine rings is 1. The zero-order valence-electron chi connectivity index (χ0n) is 10.7. The van der Waals surface area contributed by atoms with Gasteiger partial charge in [-0.25, -0.2) is 0 Å². The van der Waals surface area contributed by atoms with E-state index in [4.69, 9.17) is 0 Å². The smallest absolute Gasteiger partial charge is 0.343 e. The molecular formula is C13H25NNa-.